The average molecular weight is 382 g/mol. The van der Waals surface area contributed by atoms with E-state index in [2.05, 4.69) is 20.6 Å². The number of carbonyl (C=O) groups is 2. The van der Waals surface area contributed by atoms with Crippen molar-refractivity contribution in [3.05, 3.63) is 59.7 Å². The van der Waals surface area contributed by atoms with Gasteiger partial charge in [-0.05, 0) is 43.3 Å². The molecule has 0 aliphatic rings. The first-order chi connectivity index (χ1) is 13.2. The molecule has 3 rings (SSSR count). The van der Waals surface area contributed by atoms with E-state index in [1.807, 2.05) is 24.4 Å². The molecule has 7 nitrogen and oxygen atoms in total. The van der Waals surface area contributed by atoms with Gasteiger partial charge in [-0.25, -0.2) is 4.98 Å². The molecule has 138 valence electrons. The molecule has 0 unspecified atom stereocenters. The summed E-state index contributed by atoms with van der Waals surface area (Å²) in [6.07, 6.45) is 3.37. The van der Waals surface area contributed by atoms with Crippen LogP contribution in [0.5, 0.6) is 5.75 Å². The lowest BCUT2D eigenvalue weighted by molar-refractivity contribution is -0.115. The van der Waals surface area contributed by atoms with E-state index in [4.69, 9.17) is 4.74 Å². The van der Waals surface area contributed by atoms with Gasteiger partial charge in [-0.2, -0.15) is 0 Å². The van der Waals surface area contributed by atoms with Crippen LogP contribution in [0.15, 0.2) is 54.2 Å². The van der Waals surface area contributed by atoms with E-state index < -0.39 is 0 Å². The van der Waals surface area contributed by atoms with Crippen LogP contribution in [0.1, 0.15) is 17.3 Å². The second-order valence-corrected chi connectivity index (χ2v) is 6.32. The summed E-state index contributed by atoms with van der Waals surface area (Å²) in [6.45, 7) is 2.31. The summed E-state index contributed by atoms with van der Waals surface area (Å²) < 4.78 is 5.33. The summed E-state index contributed by atoms with van der Waals surface area (Å²) in [4.78, 5) is 32.5. The zero-order valence-corrected chi connectivity index (χ0v) is 15.5. The molecule has 1 aromatic carbocycles. The molecule has 3 aromatic rings. The Bertz CT molecular complexity index is 910. The molecular weight excluding hydrogens is 364 g/mol. The summed E-state index contributed by atoms with van der Waals surface area (Å²) in [5.41, 5.74) is 2.14. The predicted molar refractivity (Wildman–Crippen MR) is 104 cm³/mol. The SMILES string of the molecule is CCOc1ccc(C(=O)NCC(=O)Nc2nc(-c3ccncc3)cs2)cc1. The Morgan fingerprint density at radius 2 is 1.85 bits per heavy atom. The molecule has 2 N–H and O–H groups in total. The number of nitrogens with zero attached hydrogens (tertiary/aromatic N) is 2. The molecule has 8 heteroatoms. The number of hydrogen-bond acceptors (Lipinski definition) is 6. The quantitative estimate of drug-likeness (QED) is 0.655. The standard InChI is InChI=1S/C19H18N4O3S/c1-2-26-15-5-3-14(4-6-15)18(25)21-11-17(24)23-19-22-16(12-27-19)13-7-9-20-10-8-13/h3-10,12H,2,11H2,1H3,(H,21,25)(H,22,23,24). The summed E-state index contributed by atoms with van der Waals surface area (Å²) in [5.74, 6) is 0.0234. The molecule has 2 heterocycles. The number of rotatable bonds is 7. The zero-order chi connectivity index (χ0) is 19.1. The largest absolute Gasteiger partial charge is 0.494 e. The van der Waals surface area contributed by atoms with E-state index in [0.29, 0.717) is 23.1 Å². The van der Waals surface area contributed by atoms with Crippen molar-refractivity contribution in [2.75, 3.05) is 18.5 Å². The lowest BCUT2D eigenvalue weighted by Gasteiger charge is -2.06. The van der Waals surface area contributed by atoms with Gasteiger partial charge in [0, 0.05) is 28.9 Å². The third kappa shape index (κ3) is 5.11. The highest BCUT2D eigenvalue weighted by Gasteiger charge is 2.11. The molecule has 2 amide bonds. The number of thiazole rings is 1. The first-order valence-electron chi connectivity index (χ1n) is 8.32. The number of anilines is 1. The van der Waals surface area contributed by atoms with Gasteiger partial charge in [0.2, 0.25) is 5.91 Å². The highest BCUT2D eigenvalue weighted by Crippen LogP contribution is 2.24. The predicted octanol–water partition coefficient (Wildman–Crippen LogP) is 2.97. The molecule has 0 radical (unpaired) electrons. The van der Waals surface area contributed by atoms with Crippen LogP contribution in [0.25, 0.3) is 11.3 Å². The van der Waals surface area contributed by atoms with E-state index in [-0.39, 0.29) is 18.4 Å². The Morgan fingerprint density at radius 1 is 1.11 bits per heavy atom. The van der Waals surface area contributed by atoms with Crippen molar-refractivity contribution in [3.63, 3.8) is 0 Å². The van der Waals surface area contributed by atoms with Gasteiger partial charge in [-0.3, -0.25) is 14.6 Å². The van der Waals surface area contributed by atoms with Crippen molar-refractivity contribution in [1.82, 2.24) is 15.3 Å². The Balaban J connectivity index is 1.51. The minimum atomic E-state index is -0.343. The van der Waals surface area contributed by atoms with Crippen LogP contribution in [0, 0.1) is 0 Å². The molecule has 0 saturated carbocycles. The first-order valence-corrected chi connectivity index (χ1v) is 9.20. The first kappa shape index (κ1) is 18.5. The average Bonchev–Trinajstić information content (AvgIpc) is 3.16. The molecule has 27 heavy (non-hydrogen) atoms. The Morgan fingerprint density at radius 3 is 2.56 bits per heavy atom. The number of benzene rings is 1. The second-order valence-electron chi connectivity index (χ2n) is 5.46. The van der Waals surface area contributed by atoms with Crippen LogP contribution in [0.3, 0.4) is 0 Å². The maximum atomic E-state index is 12.1. The Hall–Kier alpha value is -3.26. The summed E-state index contributed by atoms with van der Waals surface area (Å²) in [5, 5.41) is 7.59. The molecule has 0 atom stereocenters. The number of amides is 2. The lowest BCUT2D eigenvalue weighted by atomic mass is 10.2. The molecule has 0 aliphatic carbocycles. The smallest absolute Gasteiger partial charge is 0.251 e. The third-order valence-electron chi connectivity index (χ3n) is 3.56. The van der Waals surface area contributed by atoms with Gasteiger partial charge < -0.3 is 15.4 Å². The Labute approximate surface area is 160 Å². The van der Waals surface area contributed by atoms with Crippen molar-refractivity contribution in [2.24, 2.45) is 0 Å². The molecule has 0 saturated heterocycles. The monoisotopic (exact) mass is 382 g/mol. The number of hydrogen-bond donors (Lipinski definition) is 2. The molecular formula is C19H18N4O3S. The van der Waals surface area contributed by atoms with Gasteiger partial charge >= 0.3 is 0 Å². The maximum absolute atomic E-state index is 12.1. The number of carbonyl (C=O) groups excluding carboxylic acids is 2. The number of nitrogens with one attached hydrogen (secondary N) is 2. The van der Waals surface area contributed by atoms with Gasteiger partial charge in [0.1, 0.15) is 5.75 Å². The van der Waals surface area contributed by atoms with Crippen molar-refractivity contribution in [2.45, 2.75) is 6.92 Å². The molecule has 0 aliphatic heterocycles. The fourth-order valence-electron chi connectivity index (χ4n) is 2.28. The van der Waals surface area contributed by atoms with Gasteiger partial charge in [0.25, 0.3) is 5.91 Å². The van der Waals surface area contributed by atoms with Crippen molar-refractivity contribution >= 4 is 28.3 Å². The van der Waals surface area contributed by atoms with E-state index in [9.17, 15) is 9.59 Å². The summed E-state index contributed by atoms with van der Waals surface area (Å²) in [7, 11) is 0. The summed E-state index contributed by atoms with van der Waals surface area (Å²) >= 11 is 1.32. The van der Waals surface area contributed by atoms with Crippen molar-refractivity contribution in [1.29, 1.82) is 0 Å². The molecule has 0 bridgehead atoms. The maximum Gasteiger partial charge on any atom is 0.251 e. The number of pyridine rings is 1. The summed E-state index contributed by atoms with van der Waals surface area (Å²) in [6, 6.07) is 10.4. The molecule has 0 spiro atoms. The topological polar surface area (TPSA) is 93.2 Å². The number of ether oxygens (including phenoxy) is 1. The zero-order valence-electron chi connectivity index (χ0n) is 14.6. The third-order valence-corrected chi connectivity index (χ3v) is 4.32. The lowest BCUT2D eigenvalue weighted by Crippen LogP contribution is -2.32. The fourth-order valence-corrected chi connectivity index (χ4v) is 3.02. The van der Waals surface area contributed by atoms with E-state index in [0.717, 1.165) is 11.3 Å². The van der Waals surface area contributed by atoms with Crippen LogP contribution < -0.4 is 15.4 Å². The van der Waals surface area contributed by atoms with Crippen LogP contribution in [0.4, 0.5) is 5.13 Å². The van der Waals surface area contributed by atoms with Crippen LogP contribution >= 0.6 is 11.3 Å². The van der Waals surface area contributed by atoms with Gasteiger partial charge in [0.15, 0.2) is 5.13 Å². The van der Waals surface area contributed by atoms with Gasteiger partial charge in [-0.15, -0.1) is 11.3 Å². The second kappa shape index (κ2) is 8.91. The van der Waals surface area contributed by atoms with Crippen LogP contribution in [0.2, 0.25) is 0 Å². The Kier molecular flexibility index (Phi) is 6.11. The van der Waals surface area contributed by atoms with Gasteiger partial charge in [-0.1, -0.05) is 0 Å². The highest BCUT2D eigenvalue weighted by molar-refractivity contribution is 7.14. The van der Waals surface area contributed by atoms with Crippen molar-refractivity contribution in [3.8, 4) is 17.0 Å². The van der Waals surface area contributed by atoms with E-state index in [1.165, 1.54) is 11.3 Å². The van der Waals surface area contributed by atoms with Crippen LogP contribution in [-0.2, 0) is 4.79 Å². The normalized spacial score (nSPS) is 10.3. The van der Waals surface area contributed by atoms with Crippen molar-refractivity contribution < 1.29 is 14.3 Å². The fraction of sp³-hybridized carbons (Fsp3) is 0.158. The van der Waals surface area contributed by atoms with E-state index >= 15 is 0 Å². The van der Waals surface area contributed by atoms with Gasteiger partial charge in [0.05, 0.1) is 18.8 Å². The van der Waals surface area contributed by atoms with Crippen LogP contribution in [-0.4, -0.2) is 34.9 Å². The minimum Gasteiger partial charge on any atom is -0.494 e. The van der Waals surface area contributed by atoms with E-state index in [1.54, 1.807) is 36.7 Å². The minimum absolute atomic E-state index is 0.143. The highest BCUT2D eigenvalue weighted by atomic mass is 32.1. The molecule has 2 aromatic heterocycles. The number of aromatic nitrogens is 2. The molecule has 0 fully saturated rings.